The number of hydrogen-bond donors (Lipinski definition) is 0. The molecule has 8 aromatic rings. The van der Waals surface area contributed by atoms with Gasteiger partial charge in [0.05, 0.1) is 205 Å². The molecule has 0 saturated heterocycles. The summed E-state index contributed by atoms with van der Waals surface area (Å²) in [5, 5.41) is 4.04. The van der Waals surface area contributed by atoms with Gasteiger partial charge in [0, 0.05) is 130 Å². The van der Waals surface area contributed by atoms with Gasteiger partial charge in [0.1, 0.15) is 7.60 Å². The van der Waals surface area contributed by atoms with Gasteiger partial charge in [0.2, 0.25) is 0 Å². The molecule has 0 amide bonds. The molecule has 0 fully saturated rings. The van der Waals surface area contributed by atoms with Gasteiger partial charge in [0.25, 0.3) is 39.1 Å². The molecule has 0 aliphatic heterocycles. The third-order valence-electron chi connectivity index (χ3n) is 21.4. The normalized spacial score (nSPS) is 13.8. The summed E-state index contributed by atoms with van der Waals surface area (Å²) in [6, 6.07) is 53.0. The van der Waals surface area contributed by atoms with Crippen molar-refractivity contribution in [1.82, 2.24) is 0 Å². The lowest BCUT2D eigenvalue weighted by Crippen LogP contribution is -2.17. The number of anilines is 4. The number of hydrogen-bond acceptors (Lipinski definition) is 37. The van der Waals surface area contributed by atoms with Crippen molar-refractivity contribution in [3.63, 3.8) is 0 Å². The Morgan fingerprint density at radius 1 is 0.228 bits per heavy atom. The van der Waals surface area contributed by atoms with Crippen molar-refractivity contribution in [3.8, 4) is 47.4 Å². The Labute approximate surface area is 878 Å². The monoisotopic (exact) mass is 2190 g/mol. The molecule has 0 aliphatic rings. The molecule has 6 atom stereocenters. The molecule has 37 nitrogen and oxygen atoms in total. The van der Waals surface area contributed by atoms with E-state index in [0.717, 1.165) is 139 Å². The quantitative estimate of drug-likeness (QED) is 0.0194. The van der Waals surface area contributed by atoms with E-state index in [-0.39, 0.29) is 112 Å². The van der Waals surface area contributed by atoms with E-state index in [0.29, 0.717) is 117 Å². The maximum absolute atomic E-state index is 12.5. The van der Waals surface area contributed by atoms with Crippen LogP contribution in [0.2, 0.25) is 0 Å². The first-order chi connectivity index (χ1) is 71.6. The fourth-order valence-corrected chi connectivity index (χ4v) is 17.7. The molecule has 822 valence electrons. The van der Waals surface area contributed by atoms with Crippen LogP contribution in [0.1, 0.15) is 133 Å². The standard InChI is InChI=1S/C60H89N2O21P3.C46H61N2O12P3/c1-61(2)56-21-15-52(16-22-56)14-20-55-51-54(59(60-13-9-8-12-58(55)60)25-19-53-17-23-57(24-18-53)62(3)4)11-7-6-10-26-80-85(65,66)81-48-44-76-40-36-72-32-29-70-30-34-74-38-42-78-46-50-83-86(67,68)82-49-45-77-41-37-73-33-28-69-27-31-71-35-39-75-43-47-79-84(5,63)64;1-6-7-8-9-14-31-55-61(49,50)57-33-35-59-63(53,54)60-36-34-58-62(51,52)56-32-15-10-11-16-40-37-41(25-19-38-20-26-42(27-21-38)47(2)3)44-17-12-13-18-46(44)45(40)30-24-39-22-28-43(29-23-39)48(4)5/h8-9,12-13,15-18,21-24,51H,6-7,10-11,26-50H2,1-5H3,(H,63,64)(H,65,66)(H,67,68);12-13,17-18,20-23,26-29,37H,6-11,14-16,31-36H2,1-5H3,(H,49,50)(H,51,52)(H,53,54)/p-6. The Morgan fingerprint density at radius 2 is 0.430 bits per heavy atom. The summed E-state index contributed by atoms with van der Waals surface area (Å²) in [4.78, 5) is 79.6. The molecule has 0 saturated carbocycles. The van der Waals surface area contributed by atoms with E-state index in [2.05, 4.69) is 143 Å². The lowest BCUT2D eigenvalue weighted by atomic mass is 9.92. The maximum atomic E-state index is 12.5. The van der Waals surface area contributed by atoms with Crippen molar-refractivity contribution in [2.45, 2.75) is 90.4 Å². The summed E-state index contributed by atoms with van der Waals surface area (Å²) in [5.74, 6) is 27.2. The summed E-state index contributed by atoms with van der Waals surface area (Å²) in [5.41, 5.74) is 13.7. The predicted molar refractivity (Wildman–Crippen MR) is 564 cm³/mol. The fourth-order valence-electron chi connectivity index (χ4n) is 13.7. The average Bonchev–Trinajstić information content (AvgIpc) is 0.782. The van der Waals surface area contributed by atoms with Crippen LogP contribution in [0, 0.1) is 47.4 Å². The first-order valence-electron chi connectivity index (χ1n) is 49.6. The minimum absolute atomic E-state index is 0.00529. The molecule has 8 aromatic carbocycles. The zero-order chi connectivity index (χ0) is 108. The Morgan fingerprint density at radius 3 is 0.664 bits per heavy atom. The molecule has 0 N–H and O–H groups in total. The number of benzene rings is 8. The number of ether oxygens (including phenoxy) is 10. The summed E-state index contributed by atoms with van der Waals surface area (Å²) < 4.78 is 178. The Kier molecular flexibility index (Phi) is 62.4. The summed E-state index contributed by atoms with van der Waals surface area (Å²) in [6.07, 6.45) is 9.52. The van der Waals surface area contributed by atoms with Gasteiger partial charge in [-0.05, 0) is 187 Å². The van der Waals surface area contributed by atoms with Gasteiger partial charge in [-0.1, -0.05) is 141 Å². The second kappa shape index (κ2) is 72.6. The molecule has 0 heterocycles. The zero-order valence-corrected chi connectivity index (χ0v) is 92.4. The number of phosphoric ester groups is 5. The van der Waals surface area contributed by atoms with Crippen molar-refractivity contribution in [1.29, 1.82) is 0 Å². The van der Waals surface area contributed by atoms with Crippen molar-refractivity contribution < 1.29 is 154 Å². The van der Waals surface area contributed by atoms with Crippen LogP contribution in [0.3, 0.4) is 0 Å². The first-order valence-corrected chi connectivity index (χ1v) is 58.9. The maximum Gasteiger partial charge on any atom is 0.268 e. The largest absolute Gasteiger partial charge is 0.779 e. The molecular weight excluding hydrogens is 2040 g/mol. The lowest BCUT2D eigenvalue weighted by molar-refractivity contribution is -0.235. The lowest BCUT2D eigenvalue weighted by Gasteiger charge is -2.26. The molecule has 6 unspecified atom stereocenters. The molecule has 149 heavy (non-hydrogen) atoms. The van der Waals surface area contributed by atoms with Gasteiger partial charge < -0.3 is 151 Å². The molecule has 0 aliphatic carbocycles. The molecule has 0 bridgehead atoms. The van der Waals surface area contributed by atoms with E-state index >= 15 is 0 Å². The highest BCUT2D eigenvalue weighted by Gasteiger charge is 2.20. The van der Waals surface area contributed by atoms with E-state index in [1.54, 1.807) is 0 Å². The van der Waals surface area contributed by atoms with E-state index in [9.17, 15) is 56.8 Å². The number of fused-ring (bicyclic) bond motifs is 2. The van der Waals surface area contributed by atoms with Crippen LogP contribution in [0.25, 0.3) is 21.5 Å². The summed E-state index contributed by atoms with van der Waals surface area (Å²) in [7, 11) is -11.1. The van der Waals surface area contributed by atoms with E-state index in [1.165, 1.54) is 0 Å². The van der Waals surface area contributed by atoms with E-state index in [1.807, 2.05) is 163 Å². The second-order valence-corrected chi connectivity index (χ2v) is 43.0. The summed E-state index contributed by atoms with van der Waals surface area (Å²) in [6.45, 7) is 4.67. The van der Waals surface area contributed by atoms with Gasteiger partial charge in [-0.25, -0.2) is 0 Å². The van der Waals surface area contributed by atoms with Gasteiger partial charge in [-0.15, -0.1) is 0 Å². The molecular formula is C106H144N4O33P6-6. The molecule has 0 spiro atoms. The van der Waals surface area contributed by atoms with Crippen LogP contribution >= 0.6 is 46.7 Å². The van der Waals surface area contributed by atoms with Crippen LogP contribution < -0.4 is 49.0 Å². The fraction of sp³-hybridized carbons (Fsp3) is 0.509. The van der Waals surface area contributed by atoms with Crippen molar-refractivity contribution in [3.05, 3.63) is 213 Å². The summed E-state index contributed by atoms with van der Waals surface area (Å²) >= 11 is 0. The highest BCUT2D eigenvalue weighted by atomic mass is 31.2. The van der Waals surface area contributed by atoms with Crippen molar-refractivity contribution in [2.24, 2.45) is 0 Å². The minimum Gasteiger partial charge on any atom is -0.779 e. The third-order valence-corrected chi connectivity index (χ3v) is 27.1. The highest BCUT2D eigenvalue weighted by molar-refractivity contribution is 7.50. The second-order valence-electron chi connectivity index (χ2n) is 34.1. The van der Waals surface area contributed by atoms with Crippen LogP contribution in [-0.4, -0.2) is 268 Å². The van der Waals surface area contributed by atoms with Gasteiger partial charge in [-0.2, -0.15) is 0 Å². The Bertz CT molecular complexity index is 5760. The number of aryl methyl sites for hydroxylation is 2. The third kappa shape index (κ3) is 56.6. The molecule has 43 heteroatoms. The Balaban J connectivity index is 0.000000422. The first kappa shape index (κ1) is 128. The van der Waals surface area contributed by atoms with Crippen LogP contribution in [0.15, 0.2) is 158 Å². The van der Waals surface area contributed by atoms with E-state index in [4.69, 9.17) is 79.0 Å². The smallest absolute Gasteiger partial charge is 0.268 e. The van der Waals surface area contributed by atoms with Crippen LogP contribution in [0.5, 0.6) is 0 Å². The van der Waals surface area contributed by atoms with Crippen molar-refractivity contribution in [2.75, 3.05) is 287 Å². The highest BCUT2D eigenvalue weighted by Crippen LogP contribution is 2.44. The van der Waals surface area contributed by atoms with Gasteiger partial charge in [-0.3, -0.25) is 22.8 Å². The van der Waals surface area contributed by atoms with Crippen LogP contribution in [-0.2, 0) is 137 Å². The number of unbranched alkanes of at least 4 members (excludes halogenated alkanes) is 8. The topological polar surface area (TPSA) is 448 Å². The van der Waals surface area contributed by atoms with Gasteiger partial charge >= 0.3 is 0 Å². The SMILES string of the molecule is CCCCCCCOP(=O)([O-])OCCOP(=O)([O-])OCCOP(=O)([O-])OCCCCCc1cc(C#Cc2ccc(N(C)C)cc2)c2ccccc2c1C#Cc1ccc(N(C)C)cc1.CN(C)c1ccc(C#Cc2cc(CCCCCOP(=O)([O-])OCCOCCOCCOCCOCCOCCOP(=O)([O-])OCCOCCOCCOCCOCCOCCOP(C)(=O)[O-])c(C#Cc3ccc(N(C)C)cc3)c3ccccc23)cc1. The molecule has 0 radical (unpaired) electrons. The van der Waals surface area contributed by atoms with E-state index < -0.39 is 73.1 Å². The number of phosphoric acid groups is 5. The molecule has 0 aromatic heterocycles. The Hall–Kier alpha value is -7.98. The molecule has 8 rings (SSSR count). The number of nitrogens with zero attached hydrogens (tertiary/aromatic N) is 4. The predicted octanol–water partition coefficient (Wildman–Crippen LogP) is 13.8. The number of rotatable bonds is 75. The average molecular weight is 2190 g/mol. The van der Waals surface area contributed by atoms with Gasteiger partial charge in [0.15, 0.2) is 0 Å². The zero-order valence-electron chi connectivity index (χ0n) is 87.1. The van der Waals surface area contributed by atoms with Crippen LogP contribution in [0.4, 0.5) is 22.7 Å². The van der Waals surface area contributed by atoms with Crippen molar-refractivity contribution >= 4 is 91.0 Å². The minimum atomic E-state index is -4.92.